The molecule has 0 aromatic heterocycles. The molecule has 0 aliphatic rings. The van der Waals surface area contributed by atoms with Gasteiger partial charge >= 0.3 is 0 Å². The van der Waals surface area contributed by atoms with Crippen molar-refractivity contribution in [3.8, 4) is 5.75 Å². The molecule has 0 spiro atoms. The molecule has 2 nitrogen and oxygen atoms in total. The molecule has 1 rings (SSSR count). The molecule has 0 saturated heterocycles. The second kappa shape index (κ2) is 5.22. The summed E-state index contributed by atoms with van der Waals surface area (Å²) in [4.78, 5) is 0. The number of hydrogen-bond donors (Lipinski definition) is 1. The minimum absolute atomic E-state index is 0.0646. The van der Waals surface area contributed by atoms with Crippen LogP contribution in [0.2, 0.25) is 0 Å². The molecule has 0 atom stereocenters. The number of hydrogen-bond acceptors (Lipinski definition) is 2. The molecule has 0 radical (unpaired) electrons. The van der Waals surface area contributed by atoms with E-state index in [0.29, 0.717) is 0 Å². The first-order valence-electron chi connectivity index (χ1n) is 6.13. The molecule has 3 heteroatoms. The highest BCUT2D eigenvalue weighted by molar-refractivity contribution is 9.10. The summed E-state index contributed by atoms with van der Waals surface area (Å²) in [7, 11) is 1.66. The zero-order chi connectivity index (χ0) is 14.1. The Balaban J connectivity index is 3.52. The maximum Gasteiger partial charge on any atom is 0.136 e. The van der Waals surface area contributed by atoms with Gasteiger partial charge in [-0.2, -0.15) is 0 Å². The third-order valence-electron chi connectivity index (χ3n) is 3.24. The summed E-state index contributed by atoms with van der Waals surface area (Å²) >= 11 is 3.57. The fourth-order valence-electron chi connectivity index (χ4n) is 1.82. The topological polar surface area (TPSA) is 29.5 Å². The lowest BCUT2D eigenvalue weighted by atomic mass is 9.79. The van der Waals surface area contributed by atoms with Gasteiger partial charge in [0.2, 0.25) is 0 Å². The van der Waals surface area contributed by atoms with Crippen molar-refractivity contribution in [1.82, 2.24) is 0 Å². The molecule has 1 aromatic rings. The molecule has 0 fully saturated rings. The predicted octanol–water partition coefficient (Wildman–Crippen LogP) is 4.03. The van der Waals surface area contributed by atoms with Gasteiger partial charge in [-0.15, -0.1) is 0 Å². The molecule has 0 unspecified atom stereocenters. The lowest BCUT2D eigenvalue weighted by Gasteiger charge is -2.29. The average Bonchev–Trinajstić information content (AvgIpc) is 2.26. The van der Waals surface area contributed by atoms with Crippen molar-refractivity contribution in [3.63, 3.8) is 0 Å². The molecular formula is C15H23BrO2. The number of ether oxygens (including phenoxy) is 1. The van der Waals surface area contributed by atoms with Crippen molar-refractivity contribution >= 4 is 15.9 Å². The fourth-order valence-corrected chi connectivity index (χ4v) is 2.44. The Morgan fingerprint density at radius 2 is 1.72 bits per heavy atom. The normalized spacial score (nSPS) is 12.7. The summed E-state index contributed by atoms with van der Waals surface area (Å²) in [6, 6.07) is 4.23. The van der Waals surface area contributed by atoms with Crippen LogP contribution in [0.3, 0.4) is 0 Å². The van der Waals surface area contributed by atoms with Gasteiger partial charge in [-0.05, 0) is 33.0 Å². The summed E-state index contributed by atoms with van der Waals surface area (Å²) in [6.07, 6.45) is 0. The van der Waals surface area contributed by atoms with E-state index in [9.17, 15) is 5.11 Å². The van der Waals surface area contributed by atoms with Crippen molar-refractivity contribution in [2.75, 3.05) is 13.7 Å². The Bertz CT molecular complexity index is 431. The largest absolute Gasteiger partial charge is 0.495 e. The van der Waals surface area contributed by atoms with Crippen molar-refractivity contribution in [1.29, 1.82) is 0 Å². The molecule has 18 heavy (non-hydrogen) atoms. The van der Waals surface area contributed by atoms with Gasteiger partial charge in [0.1, 0.15) is 5.75 Å². The summed E-state index contributed by atoms with van der Waals surface area (Å²) in [6.45, 7) is 10.7. The first-order chi connectivity index (χ1) is 8.13. The predicted molar refractivity (Wildman–Crippen MR) is 79.5 cm³/mol. The van der Waals surface area contributed by atoms with E-state index in [1.807, 2.05) is 13.8 Å². The number of aliphatic hydroxyl groups is 1. The second-order valence-electron chi connectivity index (χ2n) is 6.33. The highest BCUT2D eigenvalue weighted by Gasteiger charge is 2.27. The van der Waals surface area contributed by atoms with E-state index < -0.39 is 0 Å². The minimum atomic E-state index is -0.324. The van der Waals surface area contributed by atoms with E-state index in [-0.39, 0.29) is 17.4 Å². The Kier molecular flexibility index (Phi) is 4.50. The van der Waals surface area contributed by atoms with E-state index in [2.05, 4.69) is 48.8 Å². The standard InChI is InChI=1S/C15H23BrO2/c1-14(2,3)10-7-11(15(4,5)9-17)13(18-6)12(16)8-10/h7-8,17H,9H2,1-6H3. The number of aliphatic hydroxyl groups excluding tert-OH is 1. The van der Waals surface area contributed by atoms with E-state index in [4.69, 9.17) is 4.74 Å². The Morgan fingerprint density at radius 1 is 1.17 bits per heavy atom. The molecule has 0 amide bonds. The third kappa shape index (κ3) is 3.07. The lowest BCUT2D eigenvalue weighted by Crippen LogP contribution is -2.24. The maximum absolute atomic E-state index is 9.58. The van der Waals surface area contributed by atoms with Crippen molar-refractivity contribution < 1.29 is 9.84 Å². The fraction of sp³-hybridized carbons (Fsp3) is 0.600. The summed E-state index contributed by atoms with van der Waals surface area (Å²) < 4.78 is 6.41. The first kappa shape index (κ1) is 15.5. The molecule has 1 aromatic carbocycles. The molecule has 0 heterocycles. The SMILES string of the molecule is COc1c(Br)cc(C(C)(C)C)cc1C(C)(C)CO. The van der Waals surface area contributed by atoms with Crippen LogP contribution in [0.25, 0.3) is 0 Å². The van der Waals surface area contributed by atoms with Crippen LogP contribution in [0, 0.1) is 0 Å². The third-order valence-corrected chi connectivity index (χ3v) is 3.83. The zero-order valence-electron chi connectivity index (χ0n) is 12.1. The monoisotopic (exact) mass is 314 g/mol. The van der Waals surface area contributed by atoms with Gasteiger partial charge in [0, 0.05) is 11.0 Å². The lowest BCUT2D eigenvalue weighted by molar-refractivity contribution is 0.214. The van der Waals surface area contributed by atoms with Crippen LogP contribution < -0.4 is 4.74 Å². The Morgan fingerprint density at radius 3 is 2.11 bits per heavy atom. The Hall–Kier alpha value is -0.540. The van der Waals surface area contributed by atoms with Crippen LogP contribution >= 0.6 is 15.9 Å². The molecule has 1 N–H and O–H groups in total. The smallest absolute Gasteiger partial charge is 0.136 e. The van der Waals surface area contributed by atoms with Gasteiger partial charge in [-0.1, -0.05) is 40.7 Å². The van der Waals surface area contributed by atoms with E-state index in [1.54, 1.807) is 7.11 Å². The van der Waals surface area contributed by atoms with Gasteiger partial charge < -0.3 is 9.84 Å². The van der Waals surface area contributed by atoms with Crippen molar-refractivity contribution in [3.05, 3.63) is 27.7 Å². The number of benzene rings is 1. The van der Waals surface area contributed by atoms with Crippen LogP contribution in [0.15, 0.2) is 16.6 Å². The molecule has 0 saturated carbocycles. The molecule has 0 bridgehead atoms. The van der Waals surface area contributed by atoms with Crippen LogP contribution in [-0.2, 0) is 10.8 Å². The van der Waals surface area contributed by atoms with E-state index in [0.717, 1.165) is 15.8 Å². The van der Waals surface area contributed by atoms with Crippen LogP contribution in [0.5, 0.6) is 5.75 Å². The van der Waals surface area contributed by atoms with Crippen LogP contribution in [0.4, 0.5) is 0 Å². The number of halogens is 1. The van der Waals surface area contributed by atoms with E-state index in [1.165, 1.54) is 5.56 Å². The minimum Gasteiger partial charge on any atom is -0.495 e. The Labute approximate surface area is 118 Å². The maximum atomic E-state index is 9.58. The van der Waals surface area contributed by atoms with Crippen LogP contribution in [0.1, 0.15) is 45.7 Å². The summed E-state index contributed by atoms with van der Waals surface area (Å²) in [5.41, 5.74) is 2.00. The highest BCUT2D eigenvalue weighted by Crippen LogP contribution is 2.40. The summed E-state index contributed by atoms with van der Waals surface area (Å²) in [5.74, 6) is 0.807. The van der Waals surface area contributed by atoms with Crippen LogP contribution in [-0.4, -0.2) is 18.8 Å². The highest BCUT2D eigenvalue weighted by atomic mass is 79.9. The summed E-state index contributed by atoms with van der Waals surface area (Å²) in [5, 5.41) is 9.58. The van der Waals surface area contributed by atoms with Crippen molar-refractivity contribution in [2.24, 2.45) is 0 Å². The van der Waals surface area contributed by atoms with Gasteiger partial charge in [0.15, 0.2) is 0 Å². The van der Waals surface area contributed by atoms with Crippen molar-refractivity contribution in [2.45, 2.75) is 45.4 Å². The molecule has 102 valence electrons. The molecular weight excluding hydrogens is 292 g/mol. The van der Waals surface area contributed by atoms with Gasteiger partial charge in [0.05, 0.1) is 18.2 Å². The van der Waals surface area contributed by atoms with E-state index >= 15 is 0 Å². The van der Waals surface area contributed by atoms with Gasteiger partial charge in [-0.3, -0.25) is 0 Å². The van der Waals surface area contributed by atoms with Gasteiger partial charge in [0.25, 0.3) is 0 Å². The first-order valence-corrected chi connectivity index (χ1v) is 6.92. The molecule has 0 aliphatic heterocycles. The quantitative estimate of drug-likeness (QED) is 0.913. The average molecular weight is 315 g/mol. The number of methoxy groups -OCH3 is 1. The van der Waals surface area contributed by atoms with Gasteiger partial charge in [-0.25, -0.2) is 0 Å². The molecule has 0 aliphatic carbocycles. The zero-order valence-corrected chi connectivity index (χ0v) is 13.7. The number of rotatable bonds is 3. The second-order valence-corrected chi connectivity index (χ2v) is 7.19.